The Labute approximate surface area is 183 Å². The second kappa shape index (κ2) is 8.58. The van der Waals surface area contributed by atoms with Crippen LogP contribution in [0, 0.1) is 0 Å². The fourth-order valence-electron chi connectivity index (χ4n) is 3.88. The molecule has 3 aromatic rings. The summed E-state index contributed by atoms with van der Waals surface area (Å²) >= 11 is 0. The van der Waals surface area contributed by atoms with E-state index in [1.165, 1.54) is 8.61 Å². The van der Waals surface area contributed by atoms with Crippen LogP contribution in [0.25, 0.3) is 10.9 Å². The van der Waals surface area contributed by atoms with Crippen LogP contribution in [-0.4, -0.2) is 56.2 Å². The first-order valence-electron chi connectivity index (χ1n) is 10.1. The molecule has 0 atom stereocenters. The lowest BCUT2D eigenvalue weighted by Gasteiger charge is -2.22. The summed E-state index contributed by atoms with van der Waals surface area (Å²) < 4.78 is 57.1. The molecular formula is C22H25N3O4S2. The summed E-state index contributed by atoms with van der Waals surface area (Å²) in [6.07, 6.45) is 4.13. The van der Waals surface area contributed by atoms with E-state index in [0.717, 1.165) is 10.9 Å². The van der Waals surface area contributed by atoms with E-state index >= 15 is 0 Å². The van der Waals surface area contributed by atoms with E-state index in [4.69, 9.17) is 0 Å². The average Bonchev–Trinajstić information content (AvgIpc) is 2.99. The molecule has 1 saturated heterocycles. The molecule has 4 rings (SSSR count). The second-order valence-corrected chi connectivity index (χ2v) is 11.3. The lowest BCUT2D eigenvalue weighted by molar-refractivity contribution is 0.404. The number of sulfonamides is 2. The summed E-state index contributed by atoms with van der Waals surface area (Å²) in [4.78, 5) is 0.441. The lowest BCUT2D eigenvalue weighted by atomic mass is 10.2. The van der Waals surface area contributed by atoms with Gasteiger partial charge in [-0.2, -0.15) is 8.61 Å². The molecule has 2 aromatic carbocycles. The molecule has 0 aliphatic carbocycles. The number of hydrogen-bond acceptors (Lipinski definition) is 4. The van der Waals surface area contributed by atoms with Crippen molar-refractivity contribution in [1.82, 2.24) is 13.2 Å². The minimum absolute atomic E-state index is 0.115. The first-order chi connectivity index (χ1) is 14.8. The fraction of sp³-hybridized carbons (Fsp3) is 0.273. The Balaban J connectivity index is 1.56. The summed E-state index contributed by atoms with van der Waals surface area (Å²) in [7, 11) is -7.38. The Morgan fingerprint density at radius 1 is 0.806 bits per heavy atom. The number of hydrogen-bond donors (Lipinski definition) is 0. The van der Waals surface area contributed by atoms with E-state index < -0.39 is 20.0 Å². The third-order valence-corrected chi connectivity index (χ3v) is 9.31. The van der Waals surface area contributed by atoms with E-state index in [0.29, 0.717) is 13.0 Å². The highest BCUT2D eigenvalue weighted by Crippen LogP contribution is 2.25. The highest BCUT2D eigenvalue weighted by Gasteiger charge is 2.31. The second-order valence-electron chi connectivity index (χ2n) is 7.45. The predicted molar refractivity (Wildman–Crippen MR) is 121 cm³/mol. The summed E-state index contributed by atoms with van der Waals surface area (Å²) in [5.74, 6) is 0. The number of benzene rings is 2. The first kappa shape index (κ1) is 21.8. The van der Waals surface area contributed by atoms with Gasteiger partial charge in [0.15, 0.2) is 0 Å². The van der Waals surface area contributed by atoms with Crippen LogP contribution in [0.1, 0.15) is 6.42 Å². The number of fused-ring (bicyclic) bond motifs is 1. The third-order valence-electron chi connectivity index (χ3n) is 5.50. The molecule has 1 aromatic heterocycles. The minimum atomic E-state index is -3.73. The molecule has 1 fully saturated rings. The van der Waals surface area contributed by atoms with Crippen LogP contribution in [0.4, 0.5) is 0 Å². The van der Waals surface area contributed by atoms with Gasteiger partial charge in [0.25, 0.3) is 0 Å². The van der Waals surface area contributed by atoms with Crippen molar-refractivity contribution in [3.05, 3.63) is 73.4 Å². The van der Waals surface area contributed by atoms with Gasteiger partial charge in [-0.25, -0.2) is 16.8 Å². The molecule has 9 heteroatoms. The Kier molecular flexibility index (Phi) is 6.02. The zero-order valence-corrected chi connectivity index (χ0v) is 18.7. The van der Waals surface area contributed by atoms with E-state index in [9.17, 15) is 16.8 Å². The van der Waals surface area contributed by atoms with Gasteiger partial charge in [-0.15, -0.1) is 6.58 Å². The number of nitrogens with zero attached hydrogens (tertiary/aromatic N) is 3. The van der Waals surface area contributed by atoms with E-state index in [2.05, 4.69) is 6.58 Å². The van der Waals surface area contributed by atoms with Crippen LogP contribution in [0.5, 0.6) is 0 Å². The van der Waals surface area contributed by atoms with E-state index in [-0.39, 0.29) is 36.0 Å². The van der Waals surface area contributed by atoms with E-state index in [1.54, 1.807) is 54.6 Å². The zero-order valence-electron chi connectivity index (χ0n) is 17.1. The molecule has 0 spiro atoms. The molecule has 0 unspecified atom stereocenters. The van der Waals surface area contributed by atoms with Crippen LogP contribution in [0.15, 0.2) is 83.2 Å². The van der Waals surface area contributed by atoms with Crippen LogP contribution >= 0.6 is 0 Å². The van der Waals surface area contributed by atoms with Gasteiger partial charge >= 0.3 is 0 Å². The maximum absolute atomic E-state index is 13.3. The zero-order chi connectivity index (χ0) is 22.1. The quantitative estimate of drug-likeness (QED) is 0.531. The van der Waals surface area contributed by atoms with Crippen molar-refractivity contribution in [2.24, 2.45) is 0 Å². The molecule has 0 N–H and O–H groups in total. The monoisotopic (exact) mass is 459 g/mol. The van der Waals surface area contributed by atoms with Gasteiger partial charge in [-0.3, -0.25) is 0 Å². The Hall–Kier alpha value is -2.46. The van der Waals surface area contributed by atoms with Crippen molar-refractivity contribution in [2.45, 2.75) is 22.8 Å². The fourth-order valence-corrected chi connectivity index (χ4v) is 6.87. The standard InChI is InChI=1S/C22H25N3O4S2/c1-2-12-23-15-11-19-18-21(9-10-22(19)23)31(28,29)25-14-6-13-24(16-17-25)30(26,27)20-7-4-3-5-8-20/h2-5,7-11,15,18H,1,6,12-14,16-17H2. The summed E-state index contributed by atoms with van der Waals surface area (Å²) in [5.41, 5.74) is 0.940. The average molecular weight is 460 g/mol. The van der Waals surface area contributed by atoms with Gasteiger partial charge in [0, 0.05) is 49.8 Å². The van der Waals surface area contributed by atoms with E-state index in [1.807, 2.05) is 16.8 Å². The molecule has 0 radical (unpaired) electrons. The maximum atomic E-state index is 13.3. The van der Waals surface area contributed by atoms with Gasteiger partial charge in [-0.1, -0.05) is 24.3 Å². The molecule has 164 valence electrons. The largest absolute Gasteiger partial charge is 0.344 e. The number of allylic oxidation sites excluding steroid dienone is 1. The molecule has 2 heterocycles. The number of aromatic nitrogens is 1. The SMILES string of the molecule is C=CCn1ccc2cc(S(=O)(=O)N3CCCN(S(=O)(=O)c4ccccc4)CC3)ccc21. The lowest BCUT2D eigenvalue weighted by Crippen LogP contribution is -2.37. The smallest absolute Gasteiger partial charge is 0.243 e. The summed E-state index contributed by atoms with van der Waals surface area (Å²) in [6, 6.07) is 15.2. The van der Waals surface area contributed by atoms with Crippen molar-refractivity contribution in [3.8, 4) is 0 Å². The van der Waals surface area contributed by atoms with Crippen LogP contribution in [-0.2, 0) is 26.6 Å². The van der Waals surface area contributed by atoms with Crippen molar-refractivity contribution < 1.29 is 16.8 Å². The van der Waals surface area contributed by atoms with Crippen molar-refractivity contribution in [1.29, 1.82) is 0 Å². The van der Waals surface area contributed by atoms with Crippen LogP contribution < -0.4 is 0 Å². The normalized spacial score (nSPS) is 16.9. The van der Waals surface area contributed by atoms with Crippen molar-refractivity contribution in [2.75, 3.05) is 26.2 Å². The van der Waals surface area contributed by atoms with Crippen LogP contribution in [0.3, 0.4) is 0 Å². The highest BCUT2D eigenvalue weighted by atomic mass is 32.2. The van der Waals surface area contributed by atoms with Crippen molar-refractivity contribution >= 4 is 30.9 Å². The maximum Gasteiger partial charge on any atom is 0.243 e. The van der Waals surface area contributed by atoms with Gasteiger partial charge in [-0.05, 0) is 42.8 Å². The molecule has 31 heavy (non-hydrogen) atoms. The Morgan fingerprint density at radius 2 is 1.45 bits per heavy atom. The first-order valence-corrected chi connectivity index (χ1v) is 13.0. The summed E-state index contributed by atoms with van der Waals surface area (Å²) in [6.45, 7) is 5.18. The molecule has 7 nitrogen and oxygen atoms in total. The topological polar surface area (TPSA) is 79.7 Å². The van der Waals surface area contributed by atoms with Gasteiger partial charge in [0.1, 0.15) is 0 Å². The molecule has 1 aliphatic heterocycles. The molecule has 0 saturated carbocycles. The van der Waals surface area contributed by atoms with Crippen LogP contribution in [0.2, 0.25) is 0 Å². The highest BCUT2D eigenvalue weighted by molar-refractivity contribution is 7.89. The van der Waals surface area contributed by atoms with Gasteiger partial charge < -0.3 is 4.57 Å². The minimum Gasteiger partial charge on any atom is -0.344 e. The molecule has 1 aliphatic rings. The van der Waals surface area contributed by atoms with Gasteiger partial charge in [0.05, 0.1) is 9.79 Å². The Bertz CT molecular complexity index is 1300. The molecular weight excluding hydrogens is 434 g/mol. The number of rotatable bonds is 6. The van der Waals surface area contributed by atoms with Gasteiger partial charge in [0.2, 0.25) is 20.0 Å². The molecule has 0 bridgehead atoms. The predicted octanol–water partition coefficient (Wildman–Crippen LogP) is 2.91. The summed E-state index contributed by atoms with van der Waals surface area (Å²) in [5, 5.41) is 0.839. The Morgan fingerprint density at radius 3 is 2.10 bits per heavy atom. The van der Waals surface area contributed by atoms with Crippen molar-refractivity contribution in [3.63, 3.8) is 0 Å². The third kappa shape index (κ3) is 4.18. The molecule has 0 amide bonds.